The van der Waals surface area contributed by atoms with Crippen LogP contribution in [0.1, 0.15) is 17.0 Å². The minimum Gasteiger partial charge on any atom is -0.331 e. The molecule has 0 radical (unpaired) electrons. The Hall–Kier alpha value is -2.88. The first-order valence-electron chi connectivity index (χ1n) is 8.10. The summed E-state index contributed by atoms with van der Waals surface area (Å²) >= 11 is 0. The number of hydrogen-bond donors (Lipinski definition) is 0. The predicted octanol–water partition coefficient (Wildman–Crippen LogP) is 4.35. The van der Waals surface area contributed by atoms with Gasteiger partial charge in [-0.1, -0.05) is 24.3 Å². The summed E-state index contributed by atoms with van der Waals surface area (Å²) in [5, 5.41) is 0. The van der Waals surface area contributed by atoms with Crippen molar-refractivity contribution >= 4 is 11.0 Å². The van der Waals surface area contributed by atoms with Crippen LogP contribution in [0.5, 0.6) is 0 Å². The van der Waals surface area contributed by atoms with Crippen molar-refractivity contribution in [3.63, 3.8) is 0 Å². The highest BCUT2D eigenvalue weighted by molar-refractivity contribution is 5.91. The molecule has 0 aliphatic carbocycles. The van der Waals surface area contributed by atoms with Gasteiger partial charge in [-0.25, -0.2) is 9.97 Å². The molecule has 120 valence electrons. The van der Waals surface area contributed by atoms with E-state index in [1.54, 1.807) is 0 Å². The number of aromatic nitrogens is 4. The summed E-state index contributed by atoms with van der Waals surface area (Å²) in [6, 6.07) is 12.6. The van der Waals surface area contributed by atoms with Gasteiger partial charge in [-0.2, -0.15) is 0 Å². The van der Waals surface area contributed by atoms with Gasteiger partial charge in [0.05, 0.1) is 16.7 Å². The monoisotopic (exact) mass is 316 g/mol. The van der Waals surface area contributed by atoms with E-state index in [1.165, 1.54) is 16.8 Å². The van der Waals surface area contributed by atoms with Crippen LogP contribution in [0.2, 0.25) is 0 Å². The summed E-state index contributed by atoms with van der Waals surface area (Å²) in [4.78, 5) is 9.31. The number of nitrogens with zero attached hydrogens (tertiary/aromatic N) is 4. The summed E-state index contributed by atoms with van der Waals surface area (Å²) < 4.78 is 4.32. The van der Waals surface area contributed by atoms with E-state index in [-0.39, 0.29) is 0 Å². The molecule has 2 heterocycles. The number of fused-ring (bicyclic) bond motifs is 1. The van der Waals surface area contributed by atoms with Crippen LogP contribution in [0.25, 0.3) is 28.1 Å². The first kappa shape index (κ1) is 14.7. The second kappa shape index (κ2) is 5.34. The Morgan fingerprint density at radius 3 is 2.38 bits per heavy atom. The lowest BCUT2D eigenvalue weighted by Gasteiger charge is -2.14. The minimum atomic E-state index is 0.945. The normalized spacial score (nSPS) is 11.3. The van der Waals surface area contributed by atoms with Crippen LogP contribution >= 0.6 is 0 Å². The van der Waals surface area contributed by atoms with Crippen molar-refractivity contribution in [1.82, 2.24) is 19.1 Å². The first-order chi connectivity index (χ1) is 11.6. The molecule has 2 aromatic carbocycles. The van der Waals surface area contributed by atoms with Crippen molar-refractivity contribution in [2.75, 3.05) is 0 Å². The van der Waals surface area contributed by atoms with Crippen molar-refractivity contribution in [1.29, 1.82) is 0 Å². The van der Waals surface area contributed by atoms with Crippen LogP contribution in [-0.4, -0.2) is 19.1 Å². The smallest absolute Gasteiger partial charge is 0.146 e. The van der Waals surface area contributed by atoms with E-state index in [4.69, 9.17) is 0 Å². The molecule has 0 aliphatic rings. The van der Waals surface area contributed by atoms with Crippen LogP contribution < -0.4 is 0 Å². The van der Waals surface area contributed by atoms with E-state index in [2.05, 4.69) is 70.3 Å². The van der Waals surface area contributed by atoms with Gasteiger partial charge in [-0.15, -0.1) is 0 Å². The summed E-state index contributed by atoms with van der Waals surface area (Å²) in [6.07, 6.45) is 3.90. The van der Waals surface area contributed by atoms with Gasteiger partial charge in [-0.3, -0.25) is 4.57 Å². The molecule has 0 fully saturated rings. The van der Waals surface area contributed by atoms with E-state index in [0.717, 1.165) is 28.2 Å². The van der Waals surface area contributed by atoms with Gasteiger partial charge in [0, 0.05) is 25.0 Å². The summed E-state index contributed by atoms with van der Waals surface area (Å²) in [5.41, 5.74) is 6.90. The Morgan fingerprint density at radius 1 is 0.917 bits per heavy atom. The fourth-order valence-corrected chi connectivity index (χ4v) is 3.43. The van der Waals surface area contributed by atoms with E-state index >= 15 is 0 Å². The molecule has 24 heavy (non-hydrogen) atoms. The van der Waals surface area contributed by atoms with Crippen molar-refractivity contribution in [2.24, 2.45) is 7.05 Å². The molecular formula is C20H20N4. The fraction of sp³-hybridized carbons (Fsp3) is 0.200. The van der Waals surface area contributed by atoms with Crippen molar-refractivity contribution in [3.8, 4) is 17.1 Å². The number of rotatable bonds is 2. The Balaban J connectivity index is 2.03. The lowest BCUT2D eigenvalue weighted by atomic mass is 10.1. The first-order valence-corrected chi connectivity index (χ1v) is 8.10. The molecule has 0 atom stereocenters. The molecule has 4 heteroatoms. The van der Waals surface area contributed by atoms with Crippen LogP contribution in [0.3, 0.4) is 0 Å². The van der Waals surface area contributed by atoms with E-state index in [0.29, 0.717) is 0 Å². The minimum absolute atomic E-state index is 0.945. The van der Waals surface area contributed by atoms with E-state index in [1.807, 2.05) is 25.4 Å². The second-order valence-electron chi connectivity index (χ2n) is 6.25. The average molecular weight is 316 g/mol. The molecule has 0 aliphatic heterocycles. The van der Waals surface area contributed by atoms with Gasteiger partial charge < -0.3 is 4.57 Å². The number of hydrogen-bond acceptors (Lipinski definition) is 2. The molecule has 0 amide bonds. The van der Waals surface area contributed by atoms with Crippen molar-refractivity contribution < 1.29 is 0 Å². The molecule has 0 saturated heterocycles. The zero-order valence-corrected chi connectivity index (χ0v) is 14.4. The molecule has 0 unspecified atom stereocenters. The Kier molecular flexibility index (Phi) is 3.27. The number of para-hydroxylation sites is 2. The SMILES string of the molecule is Cc1cccc(C)c1-n1ccnc1-c1cccc2nc(C)n(C)c12. The van der Waals surface area contributed by atoms with Crippen molar-refractivity contribution in [2.45, 2.75) is 20.8 Å². The van der Waals surface area contributed by atoms with Gasteiger partial charge in [0.1, 0.15) is 11.6 Å². The van der Waals surface area contributed by atoms with Crippen LogP contribution in [-0.2, 0) is 7.05 Å². The van der Waals surface area contributed by atoms with E-state index < -0.39 is 0 Å². The topological polar surface area (TPSA) is 35.6 Å². The highest BCUT2D eigenvalue weighted by atomic mass is 15.1. The maximum absolute atomic E-state index is 4.67. The van der Waals surface area contributed by atoms with Crippen LogP contribution in [0.4, 0.5) is 0 Å². The molecule has 2 aromatic heterocycles. The molecule has 4 nitrogen and oxygen atoms in total. The van der Waals surface area contributed by atoms with Gasteiger partial charge in [0.2, 0.25) is 0 Å². The quantitative estimate of drug-likeness (QED) is 0.551. The third-order valence-corrected chi connectivity index (χ3v) is 4.68. The van der Waals surface area contributed by atoms with Gasteiger partial charge in [-0.05, 0) is 44.0 Å². The third-order valence-electron chi connectivity index (χ3n) is 4.68. The Bertz CT molecular complexity index is 1030. The molecule has 0 bridgehead atoms. The number of benzene rings is 2. The summed E-state index contributed by atoms with van der Waals surface area (Å²) in [5.74, 6) is 1.95. The maximum Gasteiger partial charge on any atom is 0.146 e. The summed E-state index contributed by atoms with van der Waals surface area (Å²) in [6.45, 7) is 6.31. The zero-order valence-electron chi connectivity index (χ0n) is 14.4. The third kappa shape index (κ3) is 2.07. The largest absolute Gasteiger partial charge is 0.331 e. The number of imidazole rings is 2. The lowest BCUT2D eigenvalue weighted by Crippen LogP contribution is -2.02. The molecule has 4 rings (SSSR count). The number of aryl methyl sites for hydroxylation is 4. The molecule has 4 aromatic rings. The van der Waals surface area contributed by atoms with Crippen molar-refractivity contribution in [3.05, 3.63) is 65.7 Å². The Morgan fingerprint density at radius 2 is 1.62 bits per heavy atom. The Labute approximate surface area is 141 Å². The average Bonchev–Trinajstić information content (AvgIpc) is 3.13. The molecule has 0 spiro atoms. The highest BCUT2D eigenvalue weighted by Crippen LogP contribution is 2.31. The van der Waals surface area contributed by atoms with Crippen LogP contribution in [0.15, 0.2) is 48.8 Å². The predicted molar refractivity (Wildman–Crippen MR) is 97.5 cm³/mol. The highest BCUT2D eigenvalue weighted by Gasteiger charge is 2.16. The second-order valence-corrected chi connectivity index (χ2v) is 6.25. The molecule has 0 N–H and O–H groups in total. The van der Waals surface area contributed by atoms with Gasteiger partial charge >= 0.3 is 0 Å². The van der Waals surface area contributed by atoms with Gasteiger partial charge in [0.15, 0.2) is 0 Å². The summed E-state index contributed by atoms with van der Waals surface area (Å²) in [7, 11) is 2.06. The molecule has 0 saturated carbocycles. The standard InChI is InChI=1S/C20H20N4/c1-13-7-5-8-14(2)18(13)24-12-11-21-20(24)16-9-6-10-17-19(16)23(4)15(3)22-17/h5-12H,1-4H3. The van der Waals surface area contributed by atoms with Crippen LogP contribution in [0, 0.1) is 20.8 Å². The van der Waals surface area contributed by atoms with E-state index in [9.17, 15) is 0 Å². The zero-order chi connectivity index (χ0) is 16.8. The van der Waals surface area contributed by atoms with Gasteiger partial charge in [0.25, 0.3) is 0 Å². The fourth-order valence-electron chi connectivity index (χ4n) is 3.43. The molecular weight excluding hydrogens is 296 g/mol. The lowest BCUT2D eigenvalue weighted by molar-refractivity contribution is 0.885. The maximum atomic E-state index is 4.67.